The summed E-state index contributed by atoms with van der Waals surface area (Å²) in [5.41, 5.74) is 0. The predicted molar refractivity (Wildman–Crippen MR) is 53.7 cm³/mol. The molecule has 7 heteroatoms. The lowest BCUT2D eigenvalue weighted by atomic mass is 10.3. The molecule has 1 aromatic carbocycles. The SMILES string of the molecule is O=C(OCCC(F)(F)F)C(=O)Oc1ccccc1. The summed E-state index contributed by atoms with van der Waals surface area (Å²) in [6.45, 7) is -0.910. The van der Waals surface area contributed by atoms with Gasteiger partial charge in [-0.1, -0.05) is 18.2 Å². The van der Waals surface area contributed by atoms with E-state index < -0.39 is 31.1 Å². The molecule has 0 amide bonds. The zero-order valence-electron chi connectivity index (χ0n) is 9.07. The second-order valence-corrected chi connectivity index (χ2v) is 3.20. The van der Waals surface area contributed by atoms with Crippen LogP contribution >= 0.6 is 0 Å². The summed E-state index contributed by atoms with van der Waals surface area (Å²) in [5, 5.41) is 0. The van der Waals surface area contributed by atoms with E-state index in [1.807, 2.05) is 0 Å². The van der Waals surface area contributed by atoms with E-state index in [1.165, 1.54) is 12.1 Å². The number of alkyl halides is 3. The summed E-state index contributed by atoms with van der Waals surface area (Å²) in [4.78, 5) is 22.1. The minimum absolute atomic E-state index is 0.107. The van der Waals surface area contributed by atoms with E-state index in [0.29, 0.717) is 0 Å². The highest BCUT2D eigenvalue weighted by Gasteiger charge is 2.28. The van der Waals surface area contributed by atoms with Gasteiger partial charge in [0.15, 0.2) is 0 Å². The van der Waals surface area contributed by atoms with E-state index in [-0.39, 0.29) is 5.75 Å². The molecule has 0 bridgehead atoms. The van der Waals surface area contributed by atoms with Crippen LogP contribution in [0.5, 0.6) is 5.75 Å². The number of halogens is 3. The molecule has 0 radical (unpaired) electrons. The number of carbonyl (C=O) groups excluding carboxylic acids is 2. The molecule has 0 aromatic heterocycles. The highest BCUT2D eigenvalue weighted by atomic mass is 19.4. The fraction of sp³-hybridized carbons (Fsp3) is 0.273. The molecule has 1 aromatic rings. The lowest BCUT2D eigenvalue weighted by molar-refractivity contribution is -0.169. The maximum atomic E-state index is 11.7. The number of rotatable bonds is 3. The monoisotopic (exact) mass is 262 g/mol. The molecule has 0 aliphatic rings. The van der Waals surface area contributed by atoms with Gasteiger partial charge in [-0.15, -0.1) is 0 Å². The molecule has 0 unspecified atom stereocenters. The lowest BCUT2D eigenvalue weighted by Crippen LogP contribution is -2.24. The molecular formula is C11H9F3O4. The van der Waals surface area contributed by atoms with Crippen LogP contribution in [0.2, 0.25) is 0 Å². The van der Waals surface area contributed by atoms with Crippen LogP contribution < -0.4 is 4.74 Å². The number of benzene rings is 1. The van der Waals surface area contributed by atoms with Crippen molar-refractivity contribution in [2.45, 2.75) is 12.6 Å². The van der Waals surface area contributed by atoms with E-state index in [0.717, 1.165) is 0 Å². The van der Waals surface area contributed by atoms with Crippen LogP contribution in [0.4, 0.5) is 13.2 Å². The van der Waals surface area contributed by atoms with Gasteiger partial charge >= 0.3 is 18.1 Å². The molecule has 0 heterocycles. The van der Waals surface area contributed by atoms with Gasteiger partial charge in [-0.3, -0.25) is 0 Å². The van der Waals surface area contributed by atoms with Gasteiger partial charge in [0.2, 0.25) is 0 Å². The highest BCUT2D eigenvalue weighted by Crippen LogP contribution is 2.19. The number of hydrogen-bond acceptors (Lipinski definition) is 4. The fourth-order valence-corrected chi connectivity index (χ4v) is 0.956. The first kappa shape index (κ1) is 14.0. The Morgan fingerprint density at radius 1 is 1.06 bits per heavy atom. The molecule has 0 aliphatic carbocycles. The Morgan fingerprint density at radius 3 is 2.22 bits per heavy atom. The van der Waals surface area contributed by atoms with Gasteiger partial charge in [-0.2, -0.15) is 13.2 Å². The Labute approximate surface area is 100 Å². The van der Waals surface area contributed by atoms with Crippen molar-refractivity contribution < 1.29 is 32.2 Å². The normalized spacial score (nSPS) is 10.8. The second-order valence-electron chi connectivity index (χ2n) is 3.20. The molecule has 4 nitrogen and oxygen atoms in total. The van der Waals surface area contributed by atoms with Gasteiger partial charge in [-0.05, 0) is 12.1 Å². The number of ether oxygens (including phenoxy) is 2. The Hall–Kier alpha value is -2.05. The predicted octanol–water partition coefficient (Wildman–Crippen LogP) is 2.09. The van der Waals surface area contributed by atoms with Gasteiger partial charge in [0, 0.05) is 0 Å². The van der Waals surface area contributed by atoms with Crippen molar-refractivity contribution in [2.75, 3.05) is 6.61 Å². The number of esters is 2. The minimum Gasteiger partial charge on any atom is -0.457 e. The quantitative estimate of drug-likeness (QED) is 0.475. The van der Waals surface area contributed by atoms with E-state index >= 15 is 0 Å². The molecule has 0 atom stereocenters. The van der Waals surface area contributed by atoms with Crippen LogP contribution in [0.3, 0.4) is 0 Å². The molecule has 0 fully saturated rings. The van der Waals surface area contributed by atoms with Gasteiger partial charge in [-0.25, -0.2) is 9.59 Å². The molecule has 0 saturated carbocycles. The number of hydrogen-bond donors (Lipinski definition) is 0. The second kappa shape index (κ2) is 6.04. The Bertz CT molecular complexity index is 414. The van der Waals surface area contributed by atoms with Gasteiger partial charge in [0.05, 0.1) is 6.42 Å². The van der Waals surface area contributed by atoms with Crippen molar-refractivity contribution >= 4 is 11.9 Å². The van der Waals surface area contributed by atoms with Crippen LogP contribution in [-0.2, 0) is 14.3 Å². The standard InChI is InChI=1S/C11H9F3O4/c12-11(13,14)6-7-17-9(15)10(16)18-8-4-2-1-3-5-8/h1-5H,6-7H2. The smallest absolute Gasteiger partial charge is 0.422 e. The summed E-state index contributed by atoms with van der Waals surface area (Å²) < 4.78 is 43.9. The minimum atomic E-state index is -4.44. The van der Waals surface area contributed by atoms with E-state index in [1.54, 1.807) is 18.2 Å². The molecule has 0 N–H and O–H groups in total. The average molecular weight is 262 g/mol. The summed E-state index contributed by atoms with van der Waals surface area (Å²) in [5.74, 6) is -2.71. The third kappa shape index (κ3) is 5.33. The molecule has 18 heavy (non-hydrogen) atoms. The largest absolute Gasteiger partial charge is 0.457 e. The maximum absolute atomic E-state index is 11.7. The molecular weight excluding hydrogens is 253 g/mol. The molecule has 98 valence electrons. The number of para-hydroxylation sites is 1. The Balaban J connectivity index is 2.36. The van der Waals surface area contributed by atoms with Crippen molar-refractivity contribution in [1.29, 1.82) is 0 Å². The first-order chi connectivity index (χ1) is 8.38. The van der Waals surface area contributed by atoms with Crippen molar-refractivity contribution in [2.24, 2.45) is 0 Å². The van der Waals surface area contributed by atoms with Crippen LogP contribution in [-0.4, -0.2) is 24.7 Å². The first-order valence-electron chi connectivity index (χ1n) is 4.89. The fourth-order valence-electron chi connectivity index (χ4n) is 0.956. The van der Waals surface area contributed by atoms with Gasteiger partial charge in [0.1, 0.15) is 12.4 Å². The summed E-state index contributed by atoms with van der Waals surface area (Å²) in [6.07, 6.45) is -5.75. The maximum Gasteiger partial charge on any atom is 0.422 e. The van der Waals surface area contributed by atoms with Crippen molar-refractivity contribution in [3.63, 3.8) is 0 Å². The van der Waals surface area contributed by atoms with E-state index in [9.17, 15) is 22.8 Å². The summed E-state index contributed by atoms with van der Waals surface area (Å²) in [6, 6.07) is 7.63. The first-order valence-corrected chi connectivity index (χ1v) is 4.89. The lowest BCUT2D eigenvalue weighted by Gasteiger charge is -2.07. The van der Waals surface area contributed by atoms with E-state index in [4.69, 9.17) is 0 Å². The van der Waals surface area contributed by atoms with Crippen molar-refractivity contribution in [3.05, 3.63) is 30.3 Å². The summed E-state index contributed by atoms with van der Waals surface area (Å²) in [7, 11) is 0. The Morgan fingerprint density at radius 2 is 1.67 bits per heavy atom. The average Bonchev–Trinajstić information content (AvgIpc) is 2.28. The van der Waals surface area contributed by atoms with Crippen LogP contribution in [0.15, 0.2) is 30.3 Å². The highest BCUT2D eigenvalue weighted by molar-refractivity contribution is 6.30. The molecule has 0 saturated heterocycles. The van der Waals surface area contributed by atoms with Gasteiger partial charge in [0.25, 0.3) is 0 Å². The van der Waals surface area contributed by atoms with E-state index in [2.05, 4.69) is 9.47 Å². The Kier molecular flexibility index (Phi) is 4.70. The van der Waals surface area contributed by atoms with Crippen molar-refractivity contribution in [3.8, 4) is 5.75 Å². The number of carbonyl (C=O) groups is 2. The summed E-state index contributed by atoms with van der Waals surface area (Å²) >= 11 is 0. The molecule has 1 rings (SSSR count). The van der Waals surface area contributed by atoms with Gasteiger partial charge < -0.3 is 9.47 Å². The zero-order valence-corrected chi connectivity index (χ0v) is 9.07. The third-order valence-corrected chi connectivity index (χ3v) is 1.74. The van der Waals surface area contributed by atoms with Crippen molar-refractivity contribution in [1.82, 2.24) is 0 Å². The molecule has 0 aliphatic heterocycles. The zero-order chi connectivity index (χ0) is 13.6. The van der Waals surface area contributed by atoms with Crippen LogP contribution in [0.25, 0.3) is 0 Å². The van der Waals surface area contributed by atoms with Crippen LogP contribution in [0.1, 0.15) is 6.42 Å². The third-order valence-electron chi connectivity index (χ3n) is 1.74. The molecule has 0 spiro atoms. The van der Waals surface area contributed by atoms with Crippen LogP contribution in [0, 0.1) is 0 Å². The topological polar surface area (TPSA) is 52.6 Å².